The molecule has 0 saturated heterocycles. The molecule has 4 heteroatoms. The molecule has 1 aromatic rings. The summed E-state index contributed by atoms with van der Waals surface area (Å²) in [5.41, 5.74) is 1.32. The highest BCUT2D eigenvalue weighted by Crippen LogP contribution is 2.29. The van der Waals surface area contributed by atoms with Gasteiger partial charge in [-0.1, -0.05) is 19.9 Å². The van der Waals surface area contributed by atoms with Gasteiger partial charge in [0.25, 0.3) is 0 Å². The fourth-order valence-corrected chi connectivity index (χ4v) is 2.42. The van der Waals surface area contributed by atoms with Crippen LogP contribution in [0.15, 0.2) is 18.2 Å². The lowest BCUT2D eigenvalue weighted by Crippen LogP contribution is -2.38. The molecule has 0 aliphatic rings. The second-order valence-electron chi connectivity index (χ2n) is 6.44. The Morgan fingerprint density at radius 2 is 2.00 bits per heavy atom. The van der Waals surface area contributed by atoms with Gasteiger partial charge in [0.2, 0.25) is 0 Å². The second-order valence-corrected chi connectivity index (χ2v) is 6.44. The van der Waals surface area contributed by atoms with E-state index >= 15 is 0 Å². The third-order valence-corrected chi connectivity index (χ3v) is 3.33. The molecule has 0 heterocycles. The molecule has 114 valence electrons. The Hall–Kier alpha value is -1.26. The van der Waals surface area contributed by atoms with Gasteiger partial charge in [-0.05, 0) is 44.1 Å². The van der Waals surface area contributed by atoms with Crippen molar-refractivity contribution in [3.63, 3.8) is 0 Å². The smallest absolute Gasteiger partial charge is 0.160 e. The van der Waals surface area contributed by atoms with Gasteiger partial charge in [-0.3, -0.25) is 0 Å². The zero-order valence-electron chi connectivity index (χ0n) is 13.5. The van der Waals surface area contributed by atoms with Crippen molar-refractivity contribution >= 4 is 0 Å². The first-order chi connectivity index (χ1) is 9.25. The number of ether oxygens (including phenoxy) is 1. The third kappa shape index (κ3) is 5.02. The number of hydrogen-bond acceptors (Lipinski definition) is 4. The fraction of sp³-hybridized carbons (Fsp3) is 0.625. The van der Waals surface area contributed by atoms with E-state index in [1.165, 1.54) is 0 Å². The maximum atomic E-state index is 9.62. The highest BCUT2D eigenvalue weighted by atomic mass is 16.5. The van der Waals surface area contributed by atoms with Crippen LogP contribution in [0.1, 0.15) is 32.4 Å². The summed E-state index contributed by atoms with van der Waals surface area (Å²) in [6.45, 7) is 8.59. The summed E-state index contributed by atoms with van der Waals surface area (Å²) in [4.78, 5) is 2.20. The van der Waals surface area contributed by atoms with Crippen LogP contribution in [0.25, 0.3) is 0 Å². The van der Waals surface area contributed by atoms with E-state index < -0.39 is 0 Å². The largest absolute Gasteiger partial charge is 0.504 e. The van der Waals surface area contributed by atoms with Crippen LogP contribution in [-0.4, -0.2) is 44.3 Å². The van der Waals surface area contributed by atoms with Crippen LogP contribution in [0, 0.1) is 5.41 Å². The van der Waals surface area contributed by atoms with Gasteiger partial charge in [0.15, 0.2) is 11.5 Å². The molecule has 0 amide bonds. The molecule has 4 nitrogen and oxygen atoms in total. The number of nitrogens with one attached hydrogen (secondary N) is 1. The number of nitrogens with zero attached hydrogens (tertiary/aromatic N) is 1. The minimum atomic E-state index is 0.177. The van der Waals surface area contributed by atoms with Crippen molar-refractivity contribution in [1.82, 2.24) is 10.2 Å². The molecule has 0 spiro atoms. The Balaban J connectivity index is 2.65. The number of aromatic hydroxyl groups is 1. The molecule has 1 aromatic carbocycles. The van der Waals surface area contributed by atoms with Crippen LogP contribution in [0.4, 0.5) is 0 Å². The van der Waals surface area contributed by atoms with Gasteiger partial charge in [-0.15, -0.1) is 0 Å². The van der Waals surface area contributed by atoms with Crippen molar-refractivity contribution in [2.45, 2.75) is 26.8 Å². The van der Waals surface area contributed by atoms with E-state index in [-0.39, 0.29) is 17.2 Å². The first-order valence-electron chi connectivity index (χ1n) is 7.00. The molecule has 20 heavy (non-hydrogen) atoms. The number of hydrogen-bond donors (Lipinski definition) is 2. The van der Waals surface area contributed by atoms with Crippen LogP contribution in [0.3, 0.4) is 0 Å². The lowest BCUT2D eigenvalue weighted by atomic mass is 9.92. The molecule has 1 atom stereocenters. The third-order valence-electron chi connectivity index (χ3n) is 3.33. The SMILES string of the molecule is COc1cc(C(C)NCC(C)(C)CN(C)C)ccc1O. The topological polar surface area (TPSA) is 44.7 Å². The molecule has 2 N–H and O–H groups in total. The number of rotatable bonds is 7. The summed E-state index contributed by atoms with van der Waals surface area (Å²) in [6, 6.07) is 5.70. The molecule has 0 fully saturated rings. The highest BCUT2D eigenvalue weighted by Gasteiger charge is 2.20. The van der Waals surface area contributed by atoms with Gasteiger partial charge in [0.1, 0.15) is 0 Å². The van der Waals surface area contributed by atoms with Crippen LogP contribution < -0.4 is 10.1 Å². The van der Waals surface area contributed by atoms with Gasteiger partial charge >= 0.3 is 0 Å². The monoisotopic (exact) mass is 280 g/mol. The Labute approximate surface area is 122 Å². The van der Waals surface area contributed by atoms with E-state index in [1.807, 2.05) is 12.1 Å². The van der Waals surface area contributed by atoms with Gasteiger partial charge in [-0.2, -0.15) is 0 Å². The summed E-state index contributed by atoms with van der Waals surface area (Å²) in [5.74, 6) is 0.695. The van der Waals surface area contributed by atoms with Gasteiger partial charge in [-0.25, -0.2) is 0 Å². The molecule has 0 aliphatic carbocycles. The van der Waals surface area contributed by atoms with Crippen molar-refractivity contribution in [2.24, 2.45) is 5.41 Å². The molecule has 0 aromatic heterocycles. The molecule has 1 rings (SSSR count). The van der Waals surface area contributed by atoms with Crippen molar-refractivity contribution in [2.75, 3.05) is 34.3 Å². The Bertz CT molecular complexity index is 430. The summed E-state index contributed by atoms with van der Waals surface area (Å²) >= 11 is 0. The van der Waals surface area contributed by atoms with Crippen LogP contribution in [0.5, 0.6) is 11.5 Å². The van der Waals surface area contributed by atoms with E-state index in [4.69, 9.17) is 4.74 Å². The van der Waals surface area contributed by atoms with Gasteiger partial charge < -0.3 is 20.1 Å². The van der Waals surface area contributed by atoms with Gasteiger partial charge in [0, 0.05) is 19.1 Å². The molecule has 0 bridgehead atoms. The number of methoxy groups -OCH3 is 1. The zero-order chi connectivity index (χ0) is 15.3. The van der Waals surface area contributed by atoms with E-state index in [9.17, 15) is 5.11 Å². The summed E-state index contributed by atoms with van der Waals surface area (Å²) in [6.07, 6.45) is 0. The average molecular weight is 280 g/mol. The van der Waals surface area contributed by atoms with Crippen molar-refractivity contribution in [1.29, 1.82) is 0 Å². The minimum Gasteiger partial charge on any atom is -0.504 e. The highest BCUT2D eigenvalue weighted by molar-refractivity contribution is 5.42. The van der Waals surface area contributed by atoms with Crippen molar-refractivity contribution in [3.05, 3.63) is 23.8 Å². The van der Waals surface area contributed by atoms with E-state index in [0.717, 1.165) is 18.7 Å². The average Bonchev–Trinajstić information content (AvgIpc) is 2.35. The standard InChI is InChI=1S/C16H28N2O2/c1-12(17-10-16(2,3)11-18(4)5)13-7-8-14(19)15(9-13)20-6/h7-9,12,17,19H,10-11H2,1-6H3. The number of phenolic OH excluding ortho intramolecular Hbond substituents is 1. The molecular formula is C16H28N2O2. The van der Waals surface area contributed by atoms with Gasteiger partial charge in [0.05, 0.1) is 7.11 Å². The Morgan fingerprint density at radius 3 is 2.55 bits per heavy atom. The van der Waals surface area contributed by atoms with E-state index in [2.05, 4.69) is 45.1 Å². The first kappa shape index (κ1) is 16.8. The Kier molecular flexibility index (Phi) is 5.84. The lowest BCUT2D eigenvalue weighted by Gasteiger charge is -2.30. The van der Waals surface area contributed by atoms with Crippen molar-refractivity contribution in [3.8, 4) is 11.5 Å². The molecule has 0 aliphatic heterocycles. The predicted octanol–water partition coefficient (Wildman–Crippen LogP) is 2.64. The van der Waals surface area contributed by atoms with Crippen molar-refractivity contribution < 1.29 is 9.84 Å². The maximum Gasteiger partial charge on any atom is 0.160 e. The molecule has 0 saturated carbocycles. The fourth-order valence-electron chi connectivity index (χ4n) is 2.42. The zero-order valence-corrected chi connectivity index (χ0v) is 13.5. The molecular weight excluding hydrogens is 252 g/mol. The van der Waals surface area contributed by atoms with E-state index in [1.54, 1.807) is 13.2 Å². The van der Waals surface area contributed by atoms with Crippen LogP contribution >= 0.6 is 0 Å². The predicted molar refractivity (Wildman–Crippen MR) is 83.4 cm³/mol. The summed E-state index contributed by atoms with van der Waals surface area (Å²) in [5, 5.41) is 13.2. The lowest BCUT2D eigenvalue weighted by molar-refractivity contribution is 0.227. The molecule has 0 radical (unpaired) electrons. The minimum absolute atomic E-state index is 0.177. The van der Waals surface area contributed by atoms with E-state index in [0.29, 0.717) is 5.75 Å². The maximum absolute atomic E-state index is 9.62. The summed E-state index contributed by atoms with van der Waals surface area (Å²) < 4.78 is 5.15. The first-order valence-corrected chi connectivity index (χ1v) is 7.00. The van der Waals surface area contributed by atoms with Crippen LogP contribution in [0.2, 0.25) is 0 Å². The van der Waals surface area contributed by atoms with Crippen LogP contribution in [-0.2, 0) is 0 Å². The Morgan fingerprint density at radius 1 is 1.35 bits per heavy atom. The number of phenols is 1. The second kappa shape index (κ2) is 6.95. The quantitative estimate of drug-likeness (QED) is 0.806. The number of benzene rings is 1. The normalized spacial score (nSPS) is 13.6. The molecule has 1 unspecified atom stereocenters. The summed E-state index contributed by atoms with van der Waals surface area (Å²) in [7, 11) is 5.75.